The fourth-order valence-electron chi connectivity index (χ4n) is 3.06. The minimum Gasteiger partial charge on any atom is -0.398 e. The first-order valence-corrected chi connectivity index (χ1v) is 9.79. The van der Waals surface area contributed by atoms with Crippen molar-refractivity contribution in [3.8, 4) is 0 Å². The lowest BCUT2D eigenvalue weighted by Gasteiger charge is -2.30. The minimum atomic E-state index is -4.49. The number of carbonyl (C=O) groups excluding carboxylic acids is 1. The molecule has 2 N–H and O–H groups in total. The highest BCUT2D eigenvalue weighted by molar-refractivity contribution is 7.90. The van der Waals surface area contributed by atoms with Gasteiger partial charge in [0.25, 0.3) is 5.91 Å². The van der Waals surface area contributed by atoms with E-state index in [0.29, 0.717) is 17.8 Å². The van der Waals surface area contributed by atoms with Crippen molar-refractivity contribution in [2.45, 2.75) is 24.4 Å². The van der Waals surface area contributed by atoms with Crippen LogP contribution in [-0.2, 0) is 22.0 Å². The van der Waals surface area contributed by atoms with Gasteiger partial charge in [0.15, 0.2) is 0 Å². The van der Waals surface area contributed by atoms with Crippen molar-refractivity contribution < 1.29 is 22.0 Å². The molecular formula is C18H18F2N2O3S. The van der Waals surface area contributed by atoms with Gasteiger partial charge in [-0.1, -0.05) is 18.2 Å². The maximum atomic E-state index is 12.8. The Bertz CT molecular complexity index is 928. The fraction of sp³-hybridized carbons (Fsp3) is 0.278. The summed E-state index contributed by atoms with van der Waals surface area (Å²) in [5.41, 5.74) is 8.91. The summed E-state index contributed by atoms with van der Waals surface area (Å²) in [4.78, 5) is 14.5. The number of halogens is 2. The number of nitrogens with two attached hydrogens (primary N) is 1. The molecule has 1 aliphatic rings. The van der Waals surface area contributed by atoms with E-state index in [1.165, 1.54) is 24.3 Å². The third-order valence-electron chi connectivity index (χ3n) is 4.37. The second kappa shape index (κ2) is 7.03. The van der Waals surface area contributed by atoms with Gasteiger partial charge in [-0.25, -0.2) is 8.42 Å². The smallest absolute Gasteiger partial charge is 0.337 e. The molecule has 0 fully saturated rings. The highest BCUT2D eigenvalue weighted by Gasteiger charge is 2.26. The SMILES string of the molecule is Nc1cccc2c1CCCN2C(=O)c1ccc(CS(=O)(=O)C(F)F)cc1. The number of rotatable bonds is 4. The third-order valence-corrected chi connectivity index (χ3v) is 5.65. The number of alkyl halides is 2. The van der Waals surface area contributed by atoms with Crippen molar-refractivity contribution in [2.24, 2.45) is 0 Å². The van der Waals surface area contributed by atoms with Gasteiger partial charge in [0.05, 0.1) is 5.75 Å². The number of benzene rings is 2. The first-order chi connectivity index (χ1) is 12.3. The number of anilines is 2. The average molecular weight is 380 g/mol. The molecule has 5 nitrogen and oxygen atoms in total. The predicted molar refractivity (Wildman–Crippen MR) is 95.9 cm³/mol. The second-order valence-electron chi connectivity index (χ2n) is 6.17. The molecule has 0 atom stereocenters. The first-order valence-electron chi connectivity index (χ1n) is 8.07. The van der Waals surface area contributed by atoms with Gasteiger partial charge in [0.1, 0.15) is 0 Å². The molecule has 0 aliphatic carbocycles. The van der Waals surface area contributed by atoms with Crippen LogP contribution in [0.3, 0.4) is 0 Å². The van der Waals surface area contributed by atoms with Crippen molar-refractivity contribution in [1.29, 1.82) is 0 Å². The normalized spacial score (nSPS) is 14.3. The Hall–Kier alpha value is -2.48. The van der Waals surface area contributed by atoms with Gasteiger partial charge in [0, 0.05) is 23.5 Å². The van der Waals surface area contributed by atoms with Crippen LogP contribution in [0.15, 0.2) is 42.5 Å². The summed E-state index contributed by atoms with van der Waals surface area (Å²) in [6.07, 6.45) is 1.59. The number of amides is 1. The molecule has 0 spiro atoms. The molecule has 8 heteroatoms. The van der Waals surface area contributed by atoms with E-state index < -0.39 is 21.3 Å². The summed E-state index contributed by atoms with van der Waals surface area (Å²) in [5.74, 6) is -4.42. The minimum absolute atomic E-state index is 0.213. The highest BCUT2D eigenvalue weighted by atomic mass is 32.2. The van der Waals surface area contributed by atoms with Crippen LogP contribution in [0.5, 0.6) is 0 Å². The lowest BCUT2D eigenvalue weighted by molar-refractivity contribution is 0.0985. The first kappa shape index (κ1) is 18.3. The van der Waals surface area contributed by atoms with E-state index in [4.69, 9.17) is 5.73 Å². The molecule has 138 valence electrons. The molecule has 1 amide bonds. The van der Waals surface area contributed by atoms with Crippen LogP contribution in [0, 0.1) is 0 Å². The highest BCUT2D eigenvalue weighted by Crippen LogP contribution is 2.32. The summed E-state index contributed by atoms with van der Waals surface area (Å²) in [6.45, 7) is 0.552. The standard InChI is InChI=1S/C18H18F2N2O3S/c19-18(20)26(24,25)11-12-6-8-13(9-7-12)17(23)22-10-2-3-14-15(21)4-1-5-16(14)22/h1,4-9,18H,2-3,10-11,21H2. The van der Waals surface area contributed by atoms with E-state index in [1.807, 2.05) is 6.07 Å². The van der Waals surface area contributed by atoms with E-state index in [1.54, 1.807) is 17.0 Å². The van der Waals surface area contributed by atoms with Gasteiger partial charge in [-0.3, -0.25) is 4.79 Å². The van der Waals surface area contributed by atoms with E-state index in [-0.39, 0.29) is 11.5 Å². The zero-order chi connectivity index (χ0) is 18.9. The maximum absolute atomic E-state index is 12.8. The summed E-state index contributed by atoms with van der Waals surface area (Å²) in [6, 6.07) is 11.1. The molecule has 26 heavy (non-hydrogen) atoms. The molecule has 1 heterocycles. The average Bonchev–Trinajstić information content (AvgIpc) is 2.61. The Morgan fingerprint density at radius 3 is 2.50 bits per heavy atom. The van der Waals surface area contributed by atoms with Gasteiger partial charge in [0.2, 0.25) is 9.84 Å². The Morgan fingerprint density at radius 1 is 1.15 bits per heavy atom. The number of hydrogen-bond donors (Lipinski definition) is 1. The zero-order valence-electron chi connectivity index (χ0n) is 13.9. The number of nitrogen functional groups attached to an aromatic ring is 1. The maximum Gasteiger partial charge on any atom is 0.337 e. The quantitative estimate of drug-likeness (QED) is 0.827. The van der Waals surface area contributed by atoms with Gasteiger partial charge in [-0.15, -0.1) is 0 Å². The van der Waals surface area contributed by atoms with Gasteiger partial charge in [-0.2, -0.15) is 8.78 Å². The molecule has 0 saturated heterocycles. The number of nitrogens with zero attached hydrogens (tertiary/aromatic N) is 1. The van der Waals surface area contributed by atoms with Crippen molar-refractivity contribution in [1.82, 2.24) is 0 Å². The Labute approximate surface area is 150 Å². The summed E-state index contributed by atoms with van der Waals surface area (Å²) < 4.78 is 47.5. The third kappa shape index (κ3) is 3.55. The van der Waals surface area contributed by atoms with Gasteiger partial charge < -0.3 is 10.6 Å². The van der Waals surface area contributed by atoms with Crippen molar-refractivity contribution >= 4 is 27.1 Å². The molecule has 0 unspecified atom stereocenters. The number of fused-ring (bicyclic) bond motifs is 1. The number of carbonyl (C=O) groups is 1. The second-order valence-corrected chi connectivity index (χ2v) is 8.14. The molecule has 3 rings (SSSR count). The monoisotopic (exact) mass is 380 g/mol. The van der Waals surface area contributed by atoms with Crippen LogP contribution in [-0.4, -0.2) is 26.6 Å². The van der Waals surface area contributed by atoms with E-state index in [2.05, 4.69) is 0 Å². The molecule has 2 aromatic carbocycles. The van der Waals surface area contributed by atoms with Crippen molar-refractivity contribution in [2.75, 3.05) is 17.2 Å². The van der Waals surface area contributed by atoms with Crippen LogP contribution in [0.2, 0.25) is 0 Å². The Morgan fingerprint density at radius 2 is 1.85 bits per heavy atom. The summed E-state index contributed by atoms with van der Waals surface area (Å²) >= 11 is 0. The Kier molecular flexibility index (Phi) is 4.95. The number of sulfone groups is 1. The molecular weight excluding hydrogens is 362 g/mol. The largest absolute Gasteiger partial charge is 0.398 e. The van der Waals surface area contributed by atoms with Crippen LogP contribution in [0.25, 0.3) is 0 Å². The molecule has 0 radical (unpaired) electrons. The van der Waals surface area contributed by atoms with Gasteiger partial charge >= 0.3 is 5.76 Å². The fourth-order valence-corrected chi connectivity index (χ4v) is 3.84. The van der Waals surface area contributed by atoms with E-state index in [9.17, 15) is 22.0 Å². The molecule has 1 aliphatic heterocycles. The molecule has 2 aromatic rings. The predicted octanol–water partition coefficient (Wildman–Crippen LogP) is 3.00. The Balaban J connectivity index is 1.83. The van der Waals surface area contributed by atoms with Crippen LogP contribution < -0.4 is 10.6 Å². The lowest BCUT2D eigenvalue weighted by atomic mass is 9.99. The van der Waals surface area contributed by atoms with Crippen LogP contribution >= 0.6 is 0 Å². The molecule has 0 saturated carbocycles. The topological polar surface area (TPSA) is 80.5 Å². The van der Waals surface area contributed by atoms with E-state index >= 15 is 0 Å². The van der Waals surface area contributed by atoms with Crippen molar-refractivity contribution in [3.63, 3.8) is 0 Å². The summed E-state index contributed by atoms with van der Waals surface area (Å²) in [5, 5.41) is 0. The number of hydrogen-bond acceptors (Lipinski definition) is 4. The van der Waals surface area contributed by atoms with E-state index in [0.717, 1.165) is 24.1 Å². The van der Waals surface area contributed by atoms with Crippen molar-refractivity contribution in [3.05, 3.63) is 59.2 Å². The molecule has 0 bridgehead atoms. The molecule has 0 aromatic heterocycles. The lowest BCUT2D eigenvalue weighted by Crippen LogP contribution is -2.35. The van der Waals surface area contributed by atoms with Gasteiger partial charge in [-0.05, 0) is 48.2 Å². The van der Waals surface area contributed by atoms with Crippen LogP contribution in [0.1, 0.15) is 27.9 Å². The van der Waals surface area contributed by atoms with Crippen LogP contribution in [0.4, 0.5) is 20.2 Å². The summed E-state index contributed by atoms with van der Waals surface area (Å²) in [7, 11) is -4.49. The zero-order valence-corrected chi connectivity index (χ0v) is 14.7.